The fraction of sp³-hybridized carbons (Fsp3) is 0. The van der Waals surface area contributed by atoms with Crippen molar-refractivity contribution in [3.8, 4) is 0 Å². The Hall–Kier alpha value is -0.200. The highest BCUT2D eigenvalue weighted by Gasteiger charge is 1.88. The molecule has 0 aliphatic heterocycles. The van der Waals surface area contributed by atoms with Gasteiger partial charge in [0, 0.05) is 21.4 Å². The van der Waals surface area contributed by atoms with Gasteiger partial charge in [-0.3, -0.25) is 0 Å². The average Bonchev–Trinajstić information content (AvgIpc) is 1.19. The smallest absolute Gasteiger partial charge is 0.450 e. The summed E-state index contributed by atoms with van der Waals surface area (Å²) in [7, 11) is 4.81. The maximum Gasteiger partial charge on any atom is 0.503 e. The van der Waals surface area contributed by atoms with Gasteiger partial charge in [0.25, 0.3) is 0 Å². The molecule has 0 saturated carbocycles. The third kappa shape index (κ3) is 6560. The quantitative estimate of drug-likeness (QED) is 0.563. The first-order valence-corrected chi connectivity index (χ1v) is 4.43. The summed E-state index contributed by atoms with van der Waals surface area (Å²) in [6, 6.07) is 0. The molecule has 0 aromatic rings. The number of carbonyl (C=O) groups is 1. The molecule has 0 aromatic carbocycles. The van der Waals surface area contributed by atoms with Crippen LogP contribution in [0.1, 0.15) is 0 Å². The van der Waals surface area contributed by atoms with Gasteiger partial charge in [0.05, 0.1) is 0 Å². The predicted molar refractivity (Wildman–Crippen MR) is 31.3 cm³/mol. The van der Waals surface area contributed by atoms with E-state index >= 15 is 0 Å². The summed E-state index contributed by atoms with van der Waals surface area (Å²) in [4.78, 5) is 8.56. The average molecular weight is 197 g/mol. The minimum Gasteiger partial charge on any atom is -0.450 e. The first-order chi connectivity index (χ1) is 3.73. The van der Waals surface area contributed by atoms with E-state index in [0.29, 0.717) is 0 Å². The van der Waals surface area contributed by atoms with Gasteiger partial charge < -0.3 is 10.2 Å². The van der Waals surface area contributed by atoms with Crippen molar-refractivity contribution in [3.05, 3.63) is 0 Å². The van der Waals surface area contributed by atoms with Crippen LogP contribution in [0.5, 0.6) is 0 Å². The normalized spacial score (nSPS) is 9.11. The van der Waals surface area contributed by atoms with Crippen molar-refractivity contribution in [1.29, 1.82) is 0 Å². The van der Waals surface area contributed by atoms with Crippen molar-refractivity contribution in [1.82, 2.24) is 0 Å². The number of rotatable bonds is 0. The van der Waals surface area contributed by atoms with Gasteiger partial charge in [0.1, 0.15) is 0 Å². The minimum absolute atomic E-state index is 1.83. The topological polar surface area (TPSA) is 91.7 Å². The highest BCUT2D eigenvalue weighted by Crippen LogP contribution is 1.98. The Balaban J connectivity index is 0. The van der Waals surface area contributed by atoms with Crippen LogP contribution in [0, 0.1) is 0 Å². The van der Waals surface area contributed by atoms with E-state index in [1.807, 2.05) is 0 Å². The zero-order valence-corrected chi connectivity index (χ0v) is 6.11. The van der Waals surface area contributed by atoms with Gasteiger partial charge in [-0.2, -0.15) is 8.42 Å². The molecule has 9 heavy (non-hydrogen) atoms. The summed E-state index contributed by atoms with van der Waals surface area (Å²) in [5, 5.41) is 13.9. The zero-order valence-electron chi connectivity index (χ0n) is 3.78. The molecular formula is CH2Cl2O5S. The van der Waals surface area contributed by atoms with E-state index in [1.54, 1.807) is 0 Å². The third-order valence-corrected chi connectivity index (χ3v) is 0. The number of halogens is 2. The minimum atomic E-state index is -3.72. The fourth-order valence-corrected chi connectivity index (χ4v) is 0. The maximum absolute atomic E-state index is 9.16. The molecule has 8 heteroatoms. The molecule has 2 N–H and O–H groups in total. The lowest BCUT2D eigenvalue weighted by Gasteiger charge is -1.61. The molecule has 0 bridgehead atoms. The lowest BCUT2D eigenvalue weighted by Crippen LogP contribution is -1.81. The van der Waals surface area contributed by atoms with Crippen LogP contribution in [0.3, 0.4) is 0 Å². The summed E-state index contributed by atoms with van der Waals surface area (Å²) in [6.07, 6.45) is -1.83. The second-order valence-electron chi connectivity index (χ2n) is 0.661. The molecule has 56 valence electrons. The summed E-state index contributed by atoms with van der Waals surface area (Å²) in [5.41, 5.74) is 0. The van der Waals surface area contributed by atoms with Crippen LogP contribution in [0.2, 0.25) is 0 Å². The molecule has 5 nitrogen and oxygen atoms in total. The van der Waals surface area contributed by atoms with Gasteiger partial charge in [0.15, 0.2) is 0 Å². The monoisotopic (exact) mass is 196 g/mol. The molecular weight excluding hydrogens is 195 g/mol. The first-order valence-electron chi connectivity index (χ1n) is 1.29. The van der Waals surface area contributed by atoms with Crippen molar-refractivity contribution in [2.24, 2.45) is 0 Å². The van der Waals surface area contributed by atoms with E-state index < -0.39 is 14.4 Å². The largest absolute Gasteiger partial charge is 0.503 e. The molecule has 0 heterocycles. The van der Waals surface area contributed by atoms with Crippen molar-refractivity contribution in [2.75, 3.05) is 0 Å². The Morgan fingerprint density at radius 1 is 1.22 bits per heavy atom. The summed E-state index contributed by atoms with van der Waals surface area (Å²) < 4.78 is 18.3. The number of hydrogen-bond donors (Lipinski definition) is 2. The Labute approximate surface area is 59.7 Å². The van der Waals surface area contributed by atoms with Crippen molar-refractivity contribution in [2.45, 2.75) is 0 Å². The number of carboxylic acid groups (broad SMARTS) is 2. The SMILES string of the molecule is O=C(O)O.O=S(=O)(Cl)Cl. The second kappa shape index (κ2) is 4.66. The van der Waals surface area contributed by atoms with Gasteiger partial charge in [0.2, 0.25) is 0 Å². The molecule has 0 aromatic heterocycles. The standard InChI is InChI=1S/CH2O3.Cl2O2S/c2-1(3)4;1-5(2,3)4/h(H2,2,3,4);. The molecule has 0 aliphatic rings. The van der Waals surface area contributed by atoms with E-state index in [-0.39, 0.29) is 0 Å². The Morgan fingerprint density at radius 2 is 1.22 bits per heavy atom. The molecule has 0 radical (unpaired) electrons. The van der Waals surface area contributed by atoms with Crippen LogP contribution in [-0.4, -0.2) is 24.8 Å². The summed E-state index contributed by atoms with van der Waals surface area (Å²) >= 11 is 0. The Kier molecular flexibility index (Phi) is 5.99. The van der Waals surface area contributed by atoms with Crippen molar-refractivity contribution < 1.29 is 23.4 Å². The molecule has 0 atom stereocenters. The van der Waals surface area contributed by atoms with Crippen molar-refractivity contribution in [3.63, 3.8) is 0 Å². The lowest BCUT2D eigenvalue weighted by molar-refractivity contribution is 0.137. The highest BCUT2D eigenvalue weighted by molar-refractivity contribution is 8.31. The van der Waals surface area contributed by atoms with Crippen LogP contribution < -0.4 is 0 Å². The summed E-state index contributed by atoms with van der Waals surface area (Å²) in [5.74, 6) is 0. The molecule has 0 aliphatic carbocycles. The fourth-order valence-electron chi connectivity index (χ4n) is 0. The molecule has 0 amide bonds. The Morgan fingerprint density at radius 3 is 1.22 bits per heavy atom. The van der Waals surface area contributed by atoms with E-state index in [9.17, 15) is 0 Å². The molecule has 0 unspecified atom stereocenters. The van der Waals surface area contributed by atoms with Crippen LogP contribution in [0.4, 0.5) is 4.79 Å². The third-order valence-electron chi connectivity index (χ3n) is 0. The molecule has 0 rings (SSSR count). The molecule has 0 fully saturated rings. The van der Waals surface area contributed by atoms with Crippen molar-refractivity contribution >= 4 is 35.8 Å². The van der Waals surface area contributed by atoms with Gasteiger partial charge >= 0.3 is 14.4 Å². The van der Waals surface area contributed by atoms with E-state index in [2.05, 4.69) is 21.4 Å². The van der Waals surface area contributed by atoms with Crippen LogP contribution in [-0.2, 0) is 8.26 Å². The Bertz CT molecular complexity index is 157. The van der Waals surface area contributed by atoms with Crippen LogP contribution in [0.25, 0.3) is 0 Å². The van der Waals surface area contributed by atoms with E-state index in [4.69, 9.17) is 23.4 Å². The highest BCUT2D eigenvalue weighted by atomic mass is 36.0. The second-order valence-corrected chi connectivity index (χ2v) is 4.33. The lowest BCUT2D eigenvalue weighted by atomic mass is 11.5. The maximum atomic E-state index is 9.16. The van der Waals surface area contributed by atoms with Crippen LogP contribution in [0.15, 0.2) is 0 Å². The van der Waals surface area contributed by atoms with Crippen LogP contribution >= 0.6 is 21.4 Å². The predicted octanol–water partition coefficient (Wildman–Crippen LogP) is 0.931. The summed E-state index contributed by atoms with van der Waals surface area (Å²) in [6.45, 7) is 0. The van der Waals surface area contributed by atoms with Gasteiger partial charge in [-0.25, -0.2) is 4.79 Å². The van der Waals surface area contributed by atoms with Gasteiger partial charge in [-0.15, -0.1) is 0 Å². The van der Waals surface area contributed by atoms with E-state index in [1.165, 1.54) is 0 Å². The first kappa shape index (κ1) is 11.6. The van der Waals surface area contributed by atoms with E-state index in [0.717, 1.165) is 0 Å². The number of hydrogen-bond acceptors (Lipinski definition) is 3. The molecule has 0 saturated heterocycles. The zero-order chi connectivity index (χ0) is 8.08. The van der Waals surface area contributed by atoms with Gasteiger partial charge in [-0.1, -0.05) is 0 Å². The molecule has 0 spiro atoms. The van der Waals surface area contributed by atoms with Gasteiger partial charge in [-0.05, 0) is 0 Å².